The maximum atomic E-state index is 13.0. The van der Waals surface area contributed by atoms with E-state index in [-0.39, 0.29) is 24.1 Å². The zero-order chi connectivity index (χ0) is 13.1. The highest BCUT2D eigenvalue weighted by Gasteiger charge is 2.24. The Bertz CT molecular complexity index is 451. The van der Waals surface area contributed by atoms with Crippen LogP contribution in [0.3, 0.4) is 0 Å². The Morgan fingerprint density at radius 3 is 3.00 bits per heavy atom. The van der Waals surface area contributed by atoms with Gasteiger partial charge in [0.05, 0.1) is 5.69 Å². The van der Waals surface area contributed by atoms with E-state index < -0.39 is 5.82 Å². The fourth-order valence-corrected chi connectivity index (χ4v) is 2.26. The van der Waals surface area contributed by atoms with Crippen molar-refractivity contribution in [1.29, 1.82) is 0 Å². The molecule has 5 heteroatoms. The van der Waals surface area contributed by atoms with E-state index in [9.17, 15) is 9.18 Å². The molecular weight excluding hydrogens is 235 g/mol. The molecule has 3 N–H and O–H groups in total. The van der Waals surface area contributed by atoms with E-state index in [1.54, 1.807) is 4.90 Å². The van der Waals surface area contributed by atoms with Crippen LogP contribution < -0.4 is 5.73 Å². The maximum absolute atomic E-state index is 13.0. The Morgan fingerprint density at radius 2 is 2.33 bits per heavy atom. The van der Waals surface area contributed by atoms with Crippen LogP contribution in [0.15, 0.2) is 18.2 Å². The molecule has 1 aromatic rings. The number of rotatable bonds is 2. The van der Waals surface area contributed by atoms with Crippen molar-refractivity contribution < 1.29 is 14.3 Å². The molecule has 0 aliphatic carbocycles. The summed E-state index contributed by atoms with van der Waals surface area (Å²) in [7, 11) is 0. The van der Waals surface area contributed by atoms with Crippen LogP contribution >= 0.6 is 0 Å². The van der Waals surface area contributed by atoms with E-state index in [2.05, 4.69) is 0 Å². The molecule has 1 unspecified atom stereocenters. The van der Waals surface area contributed by atoms with Crippen molar-refractivity contribution in [2.75, 3.05) is 25.4 Å². The molecule has 1 fully saturated rings. The van der Waals surface area contributed by atoms with Gasteiger partial charge in [0.2, 0.25) is 0 Å². The molecule has 1 aromatic carbocycles. The molecular formula is C13H17FN2O2. The number of carbonyl (C=O) groups excluding carboxylic acids is 1. The second-order valence-electron chi connectivity index (χ2n) is 4.68. The molecule has 0 radical (unpaired) electrons. The molecule has 0 bridgehead atoms. The molecule has 1 atom stereocenters. The topological polar surface area (TPSA) is 66.6 Å². The van der Waals surface area contributed by atoms with E-state index in [0.717, 1.165) is 12.8 Å². The van der Waals surface area contributed by atoms with Crippen LogP contribution in [0, 0.1) is 11.7 Å². The summed E-state index contributed by atoms with van der Waals surface area (Å²) >= 11 is 0. The predicted octanol–water partition coefficient (Wildman–Crippen LogP) is 1.25. The summed E-state index contributed by atoms with van der Waals surface area (Å²) in [5.41, 5.74) is 5.83. The third-order valence-electron chi connectivity index (χ3n) is 3.31. The quantitative estimate of drug-likeness (QED) is 0.778. The minimum Gasteiger partial charge on any atom is -0.396 e. The number of likely N-dealkylation sites (tertiary alicyclic amines) is 1. The van der Waals surface area contributed by atoms with E-state index in [0.29, 0.717) is 18.7 Å². The number of aliphatic hydroxyl groups excluding tert-OH is 1. The fraction of sp³-hybridized carbons (Fsp3) is 0.462. The van der Waals surface area contributed by atoms with Crippen LogP contribution in [-0.4, -0.2) is 35.6 Å². The van der Waals surface area contributed by atoms with Crippen LogP contribution in [0.1, 0.15) is 23.2 Å². The van der Waals surface area contributed by atoms with Crippen molar-refractivity contribution in [3.63, 3.8) is 0 Å². The van der Waals surface area contributed by atoms with Gasteiger partial charge in [-0.05, 0) is 37.0 Å². The summed E-state index contributed by atoms with van der Waals surface area (Å²) in [5, 5.41) is 9.13. The number of aliphatic hydroxyl groups is 1. The monoisotopic (exact) mass is 252 g/mol. The standard InChI is InChI=1S/C13H17FN2O2/c14-11-4-3-10(6-12(11)15)13(18)16-5-1-2-9(7-16)8-17/h3-4,6,9,17H,1-2,5,7-8,15H2. The van der Waals surface area contributed by atoms with E-state index in [1.165, 1.54) is 18.2 Å². The van der Waals surface area contributed by atoms with E-state index >= 15 is 0 Å². The third-order valence-corrected chi connectivity index (χ3v) is 3.31. The zero-order valence-electron chi connectivity index (χ0n) is 10.1. The molecule has 4 nitrogen and oxygen atoms in total. The molecule has 1 aliphatic heterocycles. The van der Waals surface area contributed by atoms with Crippen LogP contribution in [0.4, 0.5) is 10.1 Å². The van der Waals surface area contributed by atoms with Gasteiger partial charge in [-0.2, -0.15) is 0 Å². The van der Waals surface area contributed by atoms with Crippen LogP contribution in [-0.2, 0) is 0 Å². The van der Waals surface area contributed by atoms with Crippen molar-refractivity contribution in [3.8, 4) is 0 Å². The first-order valence-corrected chi connectivity index (χ1v) is 6.07. The van der Waals surface area contributed by atoms with E-state index in [4.69, 9.17) is 10.8 Å². The zero-order valence-corrected chi connectivity index (χ0v) is 10.1. The predicted molar refractivity (Wildman–Crippen MR) is 66.5 cm³/mol. The van der Waals surface area contributed by atoms with Crippen molar-refractivity contribution in [3.05, 3.63) is 29.6 Å². The smallest absolute Gasteiger partial charge is 0.253 e. The SMILES string of the molecule is Nc1cc(C(=O)N2CCCC(CO)C2)ccc1F. The number of piperidine rings is 1. The molecule has 1 aliphatic rings. The second-order valence-corrected chi connectivity index (χ2v) is 4.68. The van der Waals surface area contributed by atoms with Gasteiger partial charge in [-0.1, -0.05) is 0 Å². The number of hydrogen-bond donors (Lipinski definition) is 2. The van der Waals surface area contributed by atoms with Gasteiger partial charge in [0, 0.05) is 25.3 Å². The summed E-state index contributed by atoms with van der Waals surface area (Å²) in [4.78, 5) is 13.9. The number of hydrogen-bond acceptors (Lipinski definition) is 3. The second kappa shape index (κ2) is 5.35. The van der Waals surface area contributed by atoms with Crippen LogP contribution in [0.2, 0.25) is 0 Å². The lowest BCUT2D eigenvalue weighted by molar-refractivity contribution is 0.0620. The summed E-state index contributed by atoms with van der Waals surface area (Å²) in [6.07, 6.45) is 1.82. The number of nitrogen functional groups attached to an aromatic ring is 1. The normalized spacial score (nSPS) is 19.9. The lowest BCUT2D eigenvalue weighted by atomic mass is 9.98. The number of carbonyl (C=O) groups is 1. The van der Waals surface area contributed by atoms with Crippen LogP contribution in [0.25, 0.3) is 0 Å². The lowest BCUT2D eigenvalue weighted by Crippen LogP contribution is -2.40. The Morgan fingerprint density at radius 1 is 1.56 bits per heavy atom. The van der Waals surface area contributed by atoms with E-state index in [1.807, 2.05) is 0 Å². The van der Waals surface area contributed by atoms with Crippen molar-refractivity contribution >= 4 is 11.6 Å². The minimum absolute atomic E-state index is 0.0171. The highest BCUT2D eigenvalue weighted by Crippen LogP contribution is 2.20. The Kier molecular flexibility index (Phi) is 3.81. The molecule has 2 rings (SSSR count). The average molecular weight is 252 g/mol. The first kappa shape index (κ1) is 12.8. The Labute approximate surface area is 105 Å². The molecule has 1 saturated heterocycles. The Balaban J connectivity index is 2.12. The molecule has 0 spiro atoms. The maximum Gasteiger partial charge on any atom is 0.253 e. The van der Waals surface area contributed by atoms with Gasteiger partial charge >= 0.3 is 0 Å². The number of benzene rings is 1. The minimum atomic E-state index is -0.515. The first-order valence-electron chi connectivity index (χ1n) is 6.07. The highest BCUT2D eigenvalue weighted by molar-refractivity contribution is 5.95. The molecule has 1 heterocycles. The van der Waals surface area contributed by atoms with Crippen molar-refractivity contribution in [2.24, 2.45) is 5.92 Å². The summed E-state index contributed by atoms with van der Waals surface area (Å²) < 4.78 is 13.0. The Hall–Kier alpha value is -1.62. The molecule has 98 valence electrons. The highest BCUT2D eigenvalue weighted by atomic mass is 19.1. The number of nitrogens with two attached hydrogens (primary N) is 1. The fourth-order valence-electron chi connectivity index (χ4n) is 2.26. The largest absolute Gasteiger partial charge is 0.396 e. The lowest BCUT2D eigenvalue weighted by Gasteiger charge is -2.32. The van der Waals surface area contributed by atoms with Crippen molar-refractivity contribution in [1.82, 2.24) is 4.90 Å². The molecule has 0 aromatic heterocycles. The third kappa shape index (κ3) is 2.61. The van der Waals surface area contributed by atoms with Gasteiger partial charge in [0.1, 0.15) is 5.82 Å². The molecule has 0 saturated carbocycles. The summed E-state index contributed by atoms with van der Waals surface area (Å²) in [6.45, 7) is 1.31. The number of amides is 1. The van der Waals surface area contributed by atoms with Gasteiger partial charge in [0.25, 0.3) is 5.91 Å². The van der Waals surface area contributed by atoms with Gasteiger partial charge in [-0.3, -0.25) is 4.79 Å². The van der Waals surface area contributed by atoms with Crippen LogP contribution in [0.5, 0.6) is 0 Å². The molecule has 1 amide bonds. The van der Waals surface area contributed by atoms with Gasteiger partial charge < -0.3 is 15.7 Å². The number of halogens is 1. The van der Waals surface area contributed by atoms with Crippen molar-refractivity contribution in [2.45, 2.75) is 12.8 Å². The number of nitrogens with zero attached hydrogens (tertiary/aromatic N) is 1. The number of anilines is 1. The summed E-state index contributed by atoms with van der Waals surface area (Å²) in [6, 6.07) is 4.01. The summed E-state index contributed by atoms with van der Waals surface area (Å²) in [5.74, 6) is -0.529. The van der Waals surface area contributed by atoms with Gasteiger partial charge in [-0.15, -0.1) is 0 Å². The molecule has 18 heavy (non-hydrogen) atoms. The average Bonchev–Trinajstić information content (AvgIpc) is 2.41. The van der Waals surface area contributed by atoms with Gasteiger partial charge in [-0.25, -0.2) is 4.39 Å². The first-order chi connectivity index (χ1) is 8.61. The van der Waals surface area contributed by atoms with Gasteiger partial charge in [0.15, 0.2) is 0 Å².